The van der Waals surface area contributed by atoms with E-state index in [0.29, 0.717) is 12.5 Å². The predicted octanol–water partition coefficient (Wildman–Crippen LogP) is 3.16. The van der Waals surface area contributed by atoms with Crippen LogP contribution in [-0.4, -0.2) is 29.0 Å². The van der Waals surface area contributed by atoms with Crippen LogP contribution in [0.3, 0.4) is 0 Å². The minimum atomic E-state index is 0.0288. The zero-order valence-electron chi connectivity index (χ0n) is 13.5. The summed E-state index contributed by atoms with van der Waals surface area (Å²) >= 11 is 0. The molecule has 1 saturated heterocycles. The molecule has 4 heteroatoms. The van der Waals surface area contributed by atoms with Crippen molar-refractivity contribution in [3.05, 3.63) is 65.5 Å². The van der Waals surface area contributed by atoms with Crippen LogP contribution in [0.15, 0.2) is 48.7 Å². The maximum absolute atomic E-state index is 12.3. The molecule has 0 radical (unpaired) electrons. The molecule has 2 aromatic rings. The molecule has 3 rings (SSSR count). The minimum absolute atomic E-state index is 0.0288. The number of hydrogen-bond donors (Lipinski definition) is 1. The molecule has 1 atom stereocenters. The lowest BCUT2D eigenvalue weighted by molar-refractivity contribution is 0.206. The Bertz CT molecular complexity index is 639. The van der Waals surface area contributed by atoms with Gasteiger partial charge in [0.1, 0.15) is 0 Å². The molecule has 0 unspecified atom stereocenters. The molecule has 120 valence electrons. The van der Waals surface area contributed by atoms with Crippen LogP contribution in [0.1, 0.15) is 23.2 Å². The van der Waals surface area contributed by atoms with Gasteiger partial charge in [0.05, 0.1) is 0 Å². The molecule has 23 heavy (non-hydrogen) atoms. The standard InChI is InChI=1S/C19H23N3O/c1-15-7-8-18(12-20-15)13-21-19(23)22-10-9-17(14-22)11-16-5-3-2-4-6-16/h2-8,12,17H,9-11,13-14H2,1H3,(H,21,23)/t17-/m0/s1. The Morgan fingerprint density at radius 1 is 1.22 bits per heavy atom. The fraction of sp³-hybridized carbons (Fsp3) is 0.368. The SMILES string of the molecule is Cc1ccc(CNC(=O)N2CC[C@@H](Cc3ccccc3)C2)cn1. The zero-order chi connectivity index (χ0) is 16.1. The summed E-state index contributed by atoms with van der Waals surface area (Å²) in [5, 5.41) is 2.99. The number of hydrogen-bond acceptors (Lipinski definition) is 2. The van der Waals surface area contributed by atoms with Gasteiger partial charge in [0.25, 0.3) is 0 Å². The molecule has 0 aliphatic carbocycles. The first kappa shape index (κ1) is 15.5. The number of urea groups is 1. The van der Waals surface area contributed by atoms with E-state index in [1.807, 2.05) is 36.2 Å². The van der Waals surface area contributed by atoms with Gasteiger partial charge in [-0.05, 0) is 42.9 Å². The first-order valence-electron chi connectivity index (χ1n) is 8.19. The minimum Gasteiger partial charge on any atom is -0.334 e. The van der Waals surface area contributed by atoms with Crippen molar-refractivity contribution >= 4 is 6.03 Å². The lowest BCUT2D eigenvalue weighted by Gasteiger charge is -2.17. The monoisotopic (exact) mass is 309 g/mol. The smallest absolute Gasteiger partial charge is 0.317 e. The average molecular weight is 309 g/mol. The number of rotatable bonds is 4. The predicted molar refractivity (Wildman–Crippen MR) is 91.0 cm³/mol. The molecule has 1 aliphatic heterocycles. The number of nitrogens with one attached hydrogen (secondary N) is 1. The van der Waals surface area contributed by atoms with Gasteiger partial charge in [0.2, 0.25) is 0 Å². The molecule has 4 nitrogen and oxygen atoms in total. The fourth-order valence-electron chi connectivity index (χ4n) is 3.02. The summed E-state index contributed by atoms with van der Waals surface area (Å²) < 4.78 is 0. The number of amides is 2. The second-order valence-electron chi connectivity index (χ2n) is 6.26. The van der Waals surface area contributed by atoms with Crippen LogP contribution >= 0.6 is 0 Å². The van der Waals surface area contributed by atoms with Gasteiger partial charge in [0, 0.05) is 31.5 Å². The van der Waals surface area contributed by atoms with Crippen molar-refractivity contribution in [2.24, 2.45) is 5.92 Å². The zero-order valence-corrected chi connectivity index (χ0v) is 13.5. The first-order valence-corrected chi connectivity index (χ1v) is 8.19. The van der Waals surface area contributed by atoms with Gasteiger partial charge in [-0.2, -0.15) is 0 Å². The van der Waals surface area contributed by atoms with E-state index < -0.39 is 0 Å². The van der Waals surface area contributed by atoms with E-state index in [1.54, 1.807) is 0 Å². The number of aryl methyl sites for hydroxylation is 1. The van der Waals surface area contributed by atoms with Gasteiger partial charge in [-0.3, -0.25) is 4.98 Å². The van der Waals surface area contributed by atoms with E-state index in [-0.39, 0.29) is 6.03 Å². The number of carbonyl (C=O) groups excluding carboxylic acids is 1. The van der Waals surface area contributed by atoms with E-state index in [4.69, 9.17) is 0 Å². The van der Waals surface area contributed by atoms with Crippen LogP contribution in [0, 0.1) is 12.8 Å². The molecule has 2 heterocycles. The number of likely N-dealkylation sites (tertiary alicyclic amines) is 1. The normalized spacial score (nSPS) is 17.3. The maximum Gasteiger partial charge on any atom is 0.317 e. The van der Waals surface area contributed by atoms with Gasteiger partial charge in [-0.1, -0.05) is 36.4 Å². The summed E-state index contributed by atoms with van der Waals surface area (Å²) in [4.78, 5) is 18.5. The molecular formula is C19H23N3O. The summed E-state index contributed by atoms with van der Waals surface area (Å²) in [6.45, 7) is 4.17. The highest BCUT2D eigenvalue weighted by Gasteiger charge is 2.26. The third kappa shape index (κ3) is 4.31. The molecule has 1 fully saturated rings. The first-order chi connectivity index (χ1) is 11.2. The Morgan fingerprint density at radius 2 is 2.04 bits per heavy atom. The van der Waals surface area contributed by atoms with Crippen molar-refractivity contribution in [2.45, 2.75) is 26.3 Å². The van der Waals surface area contributed by atoms with Gasteiger partial charge >= 0.3 is 6.03 Å². The van der Waals surface area contributed by atoms with Crippen LogP contribution in [0.25, 0.3) is 0 Å². The highest BCUT2D eigenvalue weighted by molar-refractivity contribution is 5.74. The fourth-order valence-corrected chi connectivity index (χ4v) is 3.02. The molecule has 0 bridgehead atoms. The van der Waals surface area contributed by atoms with Crippen molar-refractivity contribution in [3.8, 4) is 0 Å². The van der Waals surface area contributed by atoms with Crippen molar-refractivity contribution in [3.63, 3.8) is 0 Å². The number of pyridine rings is 1. The number of nitrogens with zero attached hydrogens (tertiary/aromatic N) is 2. The van der Waals surface area contributed by atoms with E-state index in [9.17, 15) is 4.79 Å². The highest BCUT2D eigenvalue weighted by Crippen LogP contribution is 2.20. The number of aromatic nitrogens is 1. The van der Waals surface area contributed by atoms with Crippen LogP contribution in [0.5, 0.6) is 0 Å². The van der Waals surface area contributed by atoms with E-state index >= 15 is 0 Å². The second-order valence-corrected chi connectivity index (χ2v) is 6.26. The van der Waals surface area contributed by atoms with Crippen molar-refractivity contribution in [2.75, 3.05) is 13.1 Å². The van der Waals surface area contributed by atoms with Crippen molar-refractivity contribution in [1.82, 2.24) is 15.2 Å². The topological polar surface area (TPSA) is 45.2 Å². The number of benzene rings is 1. The molecule has 2 amide bonds. The molecular weight excluding hydrogens is 286 g/mol. The van der Waals surface area contributed by atoms with E-state index in [0.717, 1.165) is 37.2 Å². The Kier molecular flexibility index (Phi) is 4.91. The molecule has 1 aromatic carbocycles. The second kappa shape index (κ2) is 7.27. The molecule has 1 aliphatic rings. The highest BCUT2D eigenvalue weighted by atomic mass is 16.2. The third-order valence-corrected chi connectivity index (χ3v) is 4.36. The van der Waals surface area contributed by atoms with Gasteiger partial charge in [-0.15, -0.1) is 0 Å². The Balaban J connectivity index is 1.46. The lowest BCUT2D eigenvalue weighted by Crippen LogP contribution is -2.38. The Labute approximate surface area is 137 Å². The van der Waals surface area contributed by atoms with Crippen LogP contribution in [0.2, 0.25) is 0 Å². The summed E-state index contributed by atoms with van der Waals surface area (Å²) in [7, 11) is 0. The summed E-state index contributed by atoms with van der Waals surface area (Å²) in [6.07, 6.45) is 3.94. The third-order valence-electron chi connectivity index (χ3n) is 4.36. The van der Waals surface area contributed by atoms with Crippen LogP contribution in [-0.2, 0) is 13.0 Å². The molecule has 0 spiro atoms. The molecule has 1 N–H and O–H groups in total. The van der Waals surface area contributed by atoms with Gasteiger partial charge in [0.15, 0.2) is 0 Å². The Morgan fingerprint density at radius 3 is 2.78 bits per heavy atom. The van der Waals surface area contributed by atoms with Gasteiger partial charge < -0.3 is 10.2 Å². The van der Waals surface area contributed by atoms with Crippen LogP contribution < -0.4 is 5.32 Å². The summed E-state index contributed by atoms with van der Waals surface area (Å²) in [6, 6.07) is 14.5. The maximum atomic E-state index is 12.3. The average Bonchev–Trinajstić information content (AvgIpc) is 3.03. The Hall–Kier alpha value is -2.36. The van der Waals surface area contributed by atoms with Crippen LogP contribution in [0.4, 0.5) is 4.79 Å². The summed E-state index contributed by atoms with van der Waals surface area (Å²) in [5.74, 6) is 0.559. The van der Waals surface area contributed by atoms with Crippen molar-refractivity contribution in [1.29, 1.82) is 0 Å². The number of carbonyl (C=O) groups is 1. The van der Waals surface area contributed by atoms with E-state index in [1.165, 1.54) is 5.56 Å². The lowest BCUT2D eigenvalue weighted by atomic mass is 9.99. The summed E-state index contributed by atoms with van der Waals surface area (Å²) in [5.41, 5.74) is 3.37. The quantitative estimate of drug-likeness (QED) is 0.943. The largest absolute Gasteiger partial charge is 0.334 e. The molecule has 0 saturated carbocycles. The van der Waals surface area contributed by atoms with Crippen molar-refractivity contribution < 1.29 is 4.79 Å². The van der Waals surface area contributed by atoms with Gasteiger partial charge in [-0.25, -0.2) is 4.79 Å². The molecule has 1 aromatic heterocycles. The van der Waals surface area contributed by atoms with E-state index in [2.05, 4.69) is 34.6 Å².